The van der Waals surface area contributed by atoms with Crippen molar-refractivity contribution in [1.29, 1.82) is 0 Å². The number of para-hydroxylation sites is 1. The van der Waals surface area contributed by atoms with Crippen molar-refractivity contribution in [3.63, 3.8) is 0 Å². The van der Waals surface area contributed by atoms with Gasteiger partial charge in [-0.2, -0.15) is 0 Å². The first-order valence-electron chi connectivity index (χ1n) is 10.9. The Bertz CT molecular complexity index is 1100. The highest BCUT2D eigenvalue weighted by molar-refractivity contribution is 6.31. The number of hydrogen-bond donors (Lipinski definition) is 1. The van der Waals surface area contributed by atoms with Gasteiger partial charge in [0.15, 0.2) is 0 Å². The van der Waals surface area contributed by atoms with Gasteiger partial charge >= 0.3 is 5.97 Å². The lowest BCUT2D eigenvalue weighted by Crippen LogP contribution is -2.37. The molecule has 0 amide bonds. The number of esters is 1. The molecule has 1 saturated heterocycles. The van der Waals surface area contributed by atoms with E-state index in [9.17, 15) is 4.79 Å². The van der Waals surface area contributed by atoms with Gasteiger partial charge in [-0.05, 0) is 30.3 Å². The Morgan fingerprint density at radius 3 is 2.52 bits per heavy atom. The lowest BCUT2D eigenvalue weighted by molar-refractivity contribution is 0.0600. The van der Waals surface area contributed by atoms with E-state index < -0.39 is 0 Å². The minimum absolute atomic E-state index is 0.358. The van der Waals surface area contributed by atoms with Crippen molar-refractivity contribution < 1.29 is 19.0 Å². The zero-order valence-corrected chi connectivity index (χ0v) is 19.3. The molecule has 0 unspecified atom stereocenters. The molecule has 0 radical (unpaired) electrons. The summed E-state index contributed by atoms with van der Waals surface area (Å²) < 4.78 is 16.5. The maximum absolute atomic E-state index is 12.5. The molecule has 1 fully saturated rings. The third-order valence-electron chi connectivity index (χ3n) is 5.55. The number of anilines is 2. The molecule has 0 bridgehead atoms. The molecule has 0 atom stereocenters. The number of rotatable bonds is 8. The number of carbonyl (C=O) groups excluding carboxylic acids is 1. The van der Waals surface area contributed by atoms with Crippen molar-refractivity contribution in [2.24, 2.45) is 0 Å². The summed E-state index contributed by atoms with van der Waals surface area (Å²) >= 11 is 6.25. The van der Waals surface area contributed by atoms with Crippen LogP contribution in [-0.4, -0.2) is 39.4 Å². The Balaban J connectivity index is 1.47. The Morgan fingerprint density at radius 2 is 1.76 bits per heavy atom. The SMILES string of the molecule is COC(=O)c1cc(NCc2ccccc2OCc2ccccc2Cl)ccc1N1CCOCC1. The molecule has 172 valence electrons. The monoisotopic (exact) mass is 466 g/mol. The van der Waals surface area contributed by atoms with Gasteiger partial charge in [-0.3, -0.25) is 0 Å². The molecule has 1 N–H and O–H groups in total. The lowest BCUT2D eigenvalue weighted by atomic mass is 10.1. The van der Waals surface area contributed by atoms with Crippen LogP contribution >= 0.6 is 11.6 Å². The third kappa shape index (κ3) is 5.78. The van der Waals surface area contributed by atoms with E-state index in [0.29, 0.717) is 37.0 Å². The quantitative estimate of drug-likeness (QED) is 0.463. The minimum atomic E-state index is -0.358. The average Bonchev–Trinajstić information content (AvgIpc) is 2.87. The smallest absolute Gasteiger partial charge is 0.340 e. The van der Waals surface area contributed by atoms with Crippen molar-refractivity contribution >= 4 is 28.9 Å². The van der Waals surface area contributed by atoms with Crippen LogP contribution in [0.4, 0.5) is 11.4 Å². The van der Waals surface area contributed by atoms with Crippen molar-refractivity contribution in [2.75, 3.05) is 43.6 Å². The summed E-state index contributed by atoms with van der Waals surface area (Å²) in [6.07, 6.45) is 0. The van der Waals surface area contributed by atoms with Crippen LogP contribution in [0.3, 0.4) is 0 Å². The van der Waals surface area contributed by atoms with E-state index in [-0.39, 0.29) is 5.97 Å². The number of hydrogen-bond acceptors (Lipinski definition) is 6. The predicted octanol–water partition coefficient (Wildman–Crippen LogP) is 5.15. The Morgan fingerprint density at radius 1 is 1.03 bits per heavy atom. The summed E-state index contributed by atoms with van der Waals surface area (Å²) in [5.41, 5.74) is 4.16. The molecular weight excluding hydrogens is 440 g/mol. The maximum Gasteiger partial charge on any atom is 0.340 e. The summed E-state index contributed by atoms with van der Waals surface area (Å²) in [5, 5.41) is 4.09. The van der Waals surface area contributed by atoms with Gasteiger partial charge < -0.3 is 24.4 Å². The highest BCUT2D eigenvalue weighted by Crippen LogP contribution is 2.28. The van der Waals surface area contributed by atoms with Crippen molar-refractivity contribution in [3.8, 4) is 5.75 Å². The summed E-state index contributed by atoms with van der Waals surface area (Å²) in [6, 6.07) is 21.3. The second kappa shape index (κ2) is 11.1. The van der Waals surface area contributed by atoms with Crippen LogP contribution in [0.5, 0.6) is 5.75 Å². The first kappa shape index (κ1) is 23.0. The maximum atomic E-state index is 12.5. The summed E-state index contributed by atoms with van der Waals surface area (Å²) in [4.78, 5) is 14.6. The Hall–Kier alpha value is -3.22. The fraction of sp³-hybridized carbons (Fsp3) is 0.269. The van der Waals surface area contributed by atoms with E-state index in [1.807, 2.05) is 66.7 Å². The number of methoxy groups -OCH3 is 1. The normalized spacial score (nSPS) is 13.5. The van der Waals surface area contributed by atoms with E-state index in [0.717, 1.165) is 41.3 Å². The molecule has 4 rings (SSSR count). The number of carbonyl (C=O) groups is 1. The minimum Gasteiger partial charge on any atom is -0.488 e. The highest BCUT2D eigenvalue weighted by Gasteiger charge is 2.20. The first-order valence-corrected chi connectivity index (χ1v) is 11.3. The van der Waals surface area contributed by atoms with Crippen LogP contribution < -0.4 is 15.0 Å². The molecule has 0 aliphatic carbocycles. The predicted molar refractivity (Wildman–Crippen MR) is 130 cm³/mol. The number of nitrogens with one attached hydrogen (secondary N) is 1. The van der Waals surface area contributed by atoms with Gasteiger partial charge in [0, 0.05) is 41.5 Å². The summed E-state index contributed by atoms with van der Waals surface area (Å²) in [7, 11) is 1.40. The Labute approximate surface area is 199 Å². The van der Waals surface area contributed by atoms with E-state index in [1.54, 1.807) is 0 Å². The van der Waals surface area contributed by atoms with Gasteiger partial charge in [0.1, 0.15) is 12.4 Å². The lowest BCUT2D eigenvalue weighted by Gasteiger charge is -2.30. The van der Waals surface area contributed by atoms with Gasteiger partial charge in [-0.1, -0.05) is 48.0 Å². The molecule has 1 aliphatic heterocycles. The van der Waals surface area contributed by atoms with Gasteiger partial charge in [-0.15, -0.1) is 0 Å². The summed E-state index contributed by atoms with van der Waals surface area (Å²) in [6.45, 7) is 3.70. The number of ether oxygens (including phenoxy) is 3. The van der Waals surface area contributed by atoms with Crippen molar-refractivity contribution in [2.45, 2.75) is 13.2 Å². The van der Waals surface area contributed by atoms with Gasteiger partial charge in [0.25, 0.3) is 0 Å². The fourth-order valence-electron chi connectivity index (χ4n) is 3.76. The van der Waals surface area contributed by atoms with Crippen LogP contribution in [0, 0.1) is 0 Å². The molecule has 1 aliphatic rings. The van der Waals surface area contributed by atoms with Gasteiger partial charge in [0.2, 0.25) is 0 Å². The van der Waals surface area contributed by atoms with Gasteiger partial charge in [0.05, 0.1) is 31.6 Å². The fourth-order valence-corrected chi connectivity index (χ4v) is 3.95. The van der Waals surface area contributed by atoms with Crippen LogP contribution in [-0.2, 0) is 22.6 Å². The molecule has 7 heteroatoms. The molecule has 33 heavy (non-hydrogen) atoms. The van der Waals surface area contributed by atoms with E-state index in [2.05, 4.69) is 10.2 Å². The van der Waals surface area contributed by atoms with Crippen LogP contribution in [0.2, 0.25) is 5.02 Å². The molecule has 6 nitrogen and oxygen atoms in total. The molecular formula is C26H27ClN2O4. The van der Waals surface area contributed by atoms with Crippen LogP contribution in [0.15, 0.2) is 66.7 Å². The molecule has 3 aromatic carbocycles. The van der Waals surface area contributed by atoms with Gasteiger partial charge in [-0.25, -0.2) is 4.79 Å². The second-order valence-electron chi connectivity index (χ2n) is 7.66. The number of benzene rings is 3. The average molecular weight is 467 g/mol. The molecule has 3 aromatic rings. The van der Waals surface area contributed by atoms with Crippen molar-refractivity contribution in [1.82, 2.24) is 0 Å². The number of nitrogens with zero attached hydrogens (tertiary/aromatic N) is 1. The zero-order chi connectivity index (χ0) is 23.0. The molecule has 0 spiro atoms. The largest absolute Gasteiger partial charge is 0.488 e. The Kier molecular flexibility index (Phi) is 7.70. The van der Waals surface area contributed by atoms with E-state index in [4.69, 9.17) is 25.8 Å². The summed E-state index contributed by atoms with van der Waals surface area (Å²) in [5.74, 6) is 0.423. The number of morpholine rings is 1. The second-order valence-corrected chi connectivity index (χ2v) is 8.07. The zero-order valence-electron chi connectivity index (χ0n) is 18.6. The van der Waals surface area contributed by atoms with Crippen LogP contribution in [0.1, 0.15) is 21.5 Å². The topological polar surface area (TPSA) is 60.0 Å². The molecule has 0 saturated carbocycles. The first-order chi connectivity index (χ1) is 16.2. The van der Waals surface area contributed by atoms with Crippen molar-refractivity contribution in [3.05, 3.63) is 88.4 Å². The standard InChI is InChI=1S/C26H27ClN2O4/c1-31-26(30)22-16-21(10-11-24(22)29-12-14-32-15-13-29)28-17-19-6-3-5-9-25(19)33-18-20-7-2-4-8-23(20)27/h2-11,16,28H,12-15,17-18H2,1H3. The molecule has 0 aromatic heterocycles. The van der Waals surface area contributed by atoms with Crippen LogP contribution in [0.25, 0.3) is 0 Å². The molecule has 1 heterocycles. The highest BCUT2D eigenvalue weighted by atomic mass is 35.5. The van der Waals surface area contributed by atoms with E-state index >= 15 is 0 Å². The number of halogens is 1. The third-order valence-corrected chi connectivity index (χ3v) is 5.92. The van der Waals surface area contributed by atoms with E-state index in [1.165, 1.54) is 7.11 Å².